The normalized spacial score (nSPS) is 19.4. The zero-order valence-corrected chi connectivity index (χ0v) is 14.8. The number of benzene rings is 1. The minimum atomic E-state index is -3.31. The van der Waals surface area contributed by atoms with E-state index in [1.165, 1.54) is 0 Å². The largest absolute Gasteiger partial charge is 0.291 e. The number of carbonyl (C=O) groups is 1. The van der Waals surface area contributed by atoms with Gasteiger partial charge in [-0.3, -0.25) is 4.79 Å². The Morgan fingerprint density at radius 2 is 1.86 bits per heavy atom. The molecule has 1 aliphatic rings. The molecule has 0 fully saturated rings. The molecule has 0 unspecified atom stereocenters. The number of carbonyl (C=O) groups excluding carboxylic acids is 1. The van der Waals surface area contributed by atoms with E-state index in [1.807, 2.05) is 13.8 Å². The van der Waals surface area contributed by atoms with Crippen LogP contribution in [-0.2, 0) is 15.3 Å². The Balaban J connectivity index is 2.88. The quantitative estimate of drug-likeness (QED) is 0.604. The van der Waals surface area contributed by atoms with Gasteiger partial charge in [0, 0.05) is 5.56 Å². The Morgan fingerprint density at radius 1 is 1.29 bits per heavy atom. The van der Waals surface area contributed by atoms with Crippen LogP contribution in [0.2, 0.25) is 0 Å². The topological polar surface area (TPSA) is 51.2 Å². The summed E-state index contributed by atoms with van der Waals surface area (Å²) >= 11 is 11.4. The van der Waals surface area contributed by atoms with Gasteiger partial charge in [-0.25, -0.2) is 8.42 Å². The predicted octanol–water partition coefficient (Wildman–Crippen LogP) is 3.74. The fourth-order valence-electron chi connectivity index (χ4n) is 3.10. The van der Waals surface area contributed by atoms with Gasteiger partial charge in [0.2, 0.25) is 0 Å². The highest BCUT2D eigenvalue weighted by molar-refractivity contribution is 7.91. The van der Waals surface area contributed by atoms with Crippen LogP contribution in [0, 0.1) is 13.8 Å². The number of Topliss-reactive ketones (excluding diaryl/α,β-unsaturated/α-hetero) is 1. The summed E-state index contributed by atoms with van der Waals surface area (Å²) in [6, 6.07) is 1.59. The number of rotatable bonds is 2. The van der Waals surface area contributed by atoms with E-state index in [4.69, 9.17) is 23.2 Å². The molecule has 1 aromatic rings. The van der Waals surface area contributed by atoms with Crippen LogP contribution in [0.25, 0.3) is 0 Å². The molecule has 3 nitrogen and oxygen atoms in total. The van der Waals surface area contributed by atoms with Crippen molar-refractivity contribution in [2.75, 3.05) is 5.75 Å². The Hall–Kier alpha value is -0.580. The predicted molar refractivity (Wildman–Crippen MR) is 85.4 cm³/mol. The summed E-state index contributed by atoms with van der Waals surface area (Å²) in [6.07, 6.45) is 0.533. The smallest absolute Gasteiger partial charge is 0.195 e. The third-order valence-corrected chi connectivity index (χ3v) is 6.46. The maximum Gasteiger partial charge on any atom is 0.195 e. The molecule has 0 amide bonds. The standard InChI is InChI=1S/C15H18Cl2O3S/c1-8-7-10(12(18)14(16)17)9(2)11-13(8)21(19,20)6-5-15(11,3)4/h7,14H,5-6H2,1-4H3. The molecule has 0 bridgehead atoms. The summed E-state index contributed by atoms with van der Waals surface area (Å²) in [4.78, 5) is 11.4. The summed E-state index contributed by atoms with van der Waals surface area (Å²) < 4.78 is 24.8. The second-order valence-corrected chi connectivity index (χ2v) is 9.33. The first-order valence-corrected chi connectivity index (χ1v) is 9.21. The Kier molecular flexibility index (Phi) is 4.20. The molecule has 116 valence electrons. The van der Waals surface area contributed by atoms with Crippen LogP contribution >= 0.6 is 23.2 Å². The monoisotopic (exact) mass is 348 g/mol. The first-order chi connectivity index (χ1) is 9.49. The van der Waals surface area contributed by atoms with Crippen LogP contribution in [0.3, 0.4) is 0 Å². The van der Waals surface area contributed by atoms with Gasteiger partial charge < -0.3 is 0 Å². The number of halogens is 2. The first-order valence-electron chi connectivity index (χ1n) is 6.69. The van der Waals surface area contributed by atoms with Gasteiger partial charge in [-0.15, -0.1) is 0 Å². The lowest BCUT2D eigenvalue weighted by Gasteiger charge is -2.35. The average Bonchev–Trinajstić information content (AvgIpc) is 2.36. The second kappa shape index (κ2) is 5.25. The molecule has 0 saturated heterocycles. The molecule has 0 N–H and O–H groups in total. The minimum absolute atomic E-state index is 0.133. The molecule has 0 aliphatic carbocycles. The number of sulfone groups is 1. The molecule has 0 saturated carbocycles. The zero-order valence-electron chi connectivity index (χ0n) is 12.5. The van der Waals surface area contributed by atoms with Crippen LogP contribution < -0.4 is 0 Å². The lowest BCUT2D eigenvalue weighted by atomic mass is 9.77. The number of fused-ring (bicyclic) bond motifs is 1. The van der Waals surface area contributed by atoms with Crippen LogP contribution in [0.1, 0.15) is 47.3 Å². The van der Waals surface area contributed by atoms with Gasteiger partial charge in [-0.2, -0.15) is 0 Å². The van der Waals surface area contributed by atoms with Crippen molar-refractivity contribution in [1.82, 2.24) is 0 Å². The zero-order chi connectivity index (χ0) is 16.2. The van der Waals surface area contributed by atoms with E-state index in [2.05, 4.69) is 0 Å². The molecule has 0 spiro atoms. The van der Waals surface area contributed by atoms with Gasteiger partial charge in [-0.1, -0.05) is 37.0 Å². The van der Waals surface area contributed by atoms with Crippen LogP contribution in [0.15, 0.2) is 11.0 Å². The van der Waals surface area contributed by atoms with Gasteiger partial charge in [0.05, 0.1) is 10.6 Å². The van der Waals surface area contributed by atoms with Crippen LogP contribution in [-0.4, -0.2) is 24.8 Å². The number of ketones is 1. The van der Waals surface area contributed by atoms with Crippen molar-refractivity contribution in [2.24, 2.45) is 0 Å². The lowest BCUT2D eigenvalue weighted by Crippen LogP contribution is -2.33. The van der Waals surface area contributed by atoms with Crippen molar-refractivity contribution in [3.8, 4) is 0 Å². The van der Waals surface area contributed by atoms with Crippen LogP contribution in [0.5, 0.6) is 0 Å². The van der Waals surface area contributed by atoms with E-state index < -0.39 is 14.7 Å². The second-order valence-electron chi connectivity index (χ2n) is 6.19. The molecule has 1 heterocycles. The summed E-state index contributed by atoms with van der Waals surface area (Å²) in [5.74, 6) is -0.255. The summed E-state index contributed by atoms with van der Waals surface area (Å²) in [7, 11) is -3.31. The SMILES string of the molecule is Cc1cc(C(=O)C(Cl)Cl)c(C)c2c1S(=O)(=O)CCC2(C)C. The van der Waals surface area contributed by atoms with Gasteiger partial charge >= 0.3 is 0 Å². The van der Waals surface area contributed by atoms with E-state index >= 15 is 0 Å². The van der Waals surface area contributed by atoms with Crippen molar-refractivity contribution in [3.05, 3.63) is 28.3 Å². The van der Waals surface area contributed by atoms with Gasteiger partial charge in [0.15, 0.2) is 20.5 Å². The van der Waals surface area contributed by atoms with Crippen molar-refractivity contribution in [2.45, 2.75) is 49.3 Å². The van der Waals surface area contributed by atoms with E-state index in [0.29, 0.717) is 28.0 Å². The van der Waals surface area contributed by atoms with E-state index in [-0.39, 0.29) is 17.0 Å². The molecule has 6 heteroatoms. The fourth-order valence-corrected chi connectivity index (χ4v) is 5.61. The molecule has 1 aliphatic heterocycles. The van der Waals surface area contributed by atoms with Crippen molar-refractivity contribution < 1.29 is 13.2 Å². The van der Waals surface area contributed by atoms with Crippen molar-refractivity contribution in [3.63, 3.8) is 0 Å². The minimum Gasteiger partial charge on any atom is -0.291 e. The van der Waals surface area contributed by atoms with Crippen molar-refractivity contribution in [1.29, 1.82) is 0 Å². The Morgan fingerprint density at radius 3 is 2.38 bits per heavy atom. The van der Waals surface area contributed by atoms with E-state index in [9.17, 15) is 13.2 Å². The highest BCUT2D eigenvalue weighted by Gasteiger charge is 2.39. The summed E-state index contributed by atoms with van der Waals surface area (Å²) in [5.41, 5.74) is 2.08. The molecule has 2 rings (SSSR count). The van der Waals surface area contributed by atoms with E-state index in [0.717, 1.165) is 5.56 Å². The molecular formula is C15H18Cl2O3S. The fraction of sp³-hybridized carbons (Fsp3) is 0.533. The number of hydrogen-bond acceptors (Lipinski definition) is 3. The maximum atomic E-state index is 12.4. The number of aryl methyl sites for hydroxylation is 1. The van der Waals surface area contributed by atoms with Gasteiger partial charge in [-0.05, 0) is 48.4 Å². The van der Waals surface area contributed by atoms with Gasteiger partial charge in [0.25, 0.3) is 0 Å². The molecular weight excluding hydrogens is 331 g/mol. The molecule has 0 atom stereocenters. The van der Waals surface area contributed by atoms with Crippen LogP contribution in [0.4, 0.5) is 0 Å². The van der Waals surface area contributed by atoms with E-state index in [1.54, 1.807) is 19.9 Å². The molecule has 1 aromatic carbocycles. The molecule has 0 aromatic heterocycles. The third-order valence-electron chi connectivity index (χ3n) is 4.17. The summed E-state index contributed by atoms with van der Waals surface area (Å²) in [6.45, 7) is 7.48. The Bertz CT molecular complexity index is 719. The van der Waals surface area contributed by atoms with Gasteiger partial charge in [0.1, 0.15) is 0 Å². The highest BCUT2D eigenvalue weighted by atomic mass is 35.5. The first kappa shape index (κ1) is 16.8. The third kappa shape index (κ3) is 2.73. The Labute approximate surface area is 135 Å². The average molecular weight is 349 g/mol. The van der Waals surface area contributed by atoms with Crippen molar-refractivity contribution >= 4 is 38.8 Å². The summed E-state index contributed by atoms with van der Waals surface area (Å²) in [5, 5.41) is 0. The number of alkyl halides is 2. The highest BCUT2D eigenvalue weighted by Crippen LogP contribution is 2.43. The molecule has 0 radical (unpaired) electrons. The number of hydrogen-bond donors (Lipinski definition) is 0. The molecule has 21 heavy (non-hydrogen) atoms. The lowest BCUT2D eigenvalue weighted by molar-refractivity contribution is 0.101. The maximum absolute atomic E-state index is 12.4.